The molecular weight excluding hydrogens is 164 g/mol. The zero-order valence-corrected chi connectivity index (χ0v) is 8.12. The van der Waals surface area contributed by atoms with Crippen LogP contribution in [0.25, 0.3) is 0 Å². The maximum Gasteiger partial charge on any atom is 0.115 e. The number of phenols is 1. The summed E-state index contributed by atoms with van der Waals surface area (Å²) in [7, 11) is 0. The van der Waals surface area contributed by atoms with Crippen LogP contribution in [0.1, 0.15) is 37.3 Å². The first-order valence-corrected chi connectivity index (χ1v) is 4.61. The zero-order chi connectivity index (χ0) is 9.84. The van der Waals surface area contributed by atoms with Gasteiger partial charge in [0, 0.05) is 0 Å². The van der Waals surface area contributed by atoms with Crippen LogP contribution in [0.5, 0.6) is 5.75 Å². The van der Waals surface area contributed by atoms with Gasteiger partial charge >= 0.3 is 0 Å². The minimum Gasteiger partial charge on any atom is -0.508 e. The first-order valence-electron chi connectivity index (χ1n) is 4.61. The van der Waals surface area contributed by atoms with Gasteiger partial charge in [-0.25, -0.2) is 0 Å². The van der Waals surface area contributed by atoms with Crippen LogP contribution < -0.4 is 0 Å². The lowest BCUT2D eigenvalue weighted by Crippen LogP contribution is -1.98. The molecular formula is C11H16O2. The van der Waals surface area contributed by atoms with Gasteiger partial charge in [0.15, 0.2) is 0 Å². The smallest absolute Gasteiger partial charge is 0.115 e. The average Bonchev–Trinajstić information content (AvgIpc) is 2.16. The van der Waals surface area contributed by atoms with E-state index in [1.54, 1.807) is 18.2 Å². The number of benzene rings is 1. The Balaban J connectivity index is 3.07. The molecule has 2 N–H and O–H groups in total. The van der Waals surface area contributed by atoms with Crippen molar-refractivity contribution in [2.45, 2.75) is 32.8 Å². The van der Waals surface area contributed by atoms with Gasteiger partial charge in [-0.3, -0.25) is 0 Å². The maximum absolute atomic E-state index is 9.30. The highest BCUT2D eigenvalue weighted by Gasteiger charge is 2.08. The quantitative estimate of drug-likeness (QED) is 0.749. The Bertz CT molecular complexity index is 281. The Morgan fingerprint density at radius 3 is 2.62 bits per heavy atom. The summed E-state index contributed by atoms with van der Waals surface area (Å²) < 4.78 is 0. The summed E-state index contributed by atoms with van der Waals surface area (Å²) in [4.78, 5) is 0. The van der Waals surface area contributed by atoms with Crippen LogP contribution in [0.15, 0.2) is 18.2 Å². The molecule has 0 heterocycles. The fraction of sp³-hybridized carbons (Fsp3) is 0.455. The summed E-state index contributed by atoms with van der Waals surface area (Å²) in [6, 6.07) is 5.12. The first-order chi connectivity index (χ1) is 6.19. The molecule has 13 heavy (non-hydrogen) atoms. The largest absolute Gasteiger partial charge is 0.508 e. The lowest BCUT2D eigenvalue weighted by molar-refractivity contribution is 0.279. The van der Waals surface area contributed by atoms with Crippen LogP contribution in [0.2, 0.25) is 0 Å². The van der Waals surface area contributed by atoms with Gasteiger partial charge in [-0.2, -0.15) is 0 Å². The van der Waals surface area contributed by atoms with Crippen molar-refractivity contribution in [1.29, 1.82) is 0 Å². The number of rotatable bonds is 3. The molecule has 72 valence electrons. The molecule has 0 fully saturated rings. The third-order valence-electron chi connectivity index (χ3n) is 2.44. The zero-order valence-electron chi connectivity index (χ0n) is 8.12. The number of hydrogen-bond acceptors (Lipinski definition) is 2. The summed E-state index contributed by atoms with van der Waals surface area (Å²) >= 11 is 0. The van der Waals surface area contributed by atoms with Gasteiger partial charge in [-0.05, 0) is 35.6 Å². The summed E-state index contributed by atoms with van der Waals surface area (Å²) in [5.41, 5.74) is 1.96. The summed E-state index contributed by atoms with van der Waals surface area (Å²) in [5, 5.41) is 18.4. The van der Waals surface area contributed by atoms with E-state index in [2.05, 4.69) is 13.8 Å². The van der Waals surface area contributed by atoms with Crippen LogP contribution in [0, 0.1) is 0 Å². The predicted molar refractivity (Wildman–Crippen MR) is 52.7 cm³/mol. The van der Waals surface area contributed by atoms with Crippen LogP contribution in [0.3, 0.4) is 0 Å². The summed E-state index contributed by atoms with van der Waals surface area (Å²) in [6.07, 6.45) is 1.01. The van der Waals surface area contributed by atoms with E-state index in [0.717, 1.165) is 17.5 Å². The fourth-order valence-electron chi connectivity index (χ4n) is 1.40. The third-order valence-corrected chi connectivity index (χ3v) is 2.44. The van der Waals surface area contributed by atoms with Crippen molar-refractivity contribution in [2.24, 2.45) is 0 Å². The second kappa shape index (κ2) is 4.28. The number of hydrogen-bond donors (Lipinski definition) is 2. The van der Waals surface area contributed by atoms with Crippen molar-refractivity contribution in [3.8, 4) is 5.75 Å². The average molecular weight is 180 g/mol. The SMILES string of the molecule is CCC(C)c1cc(O)ccc1CO. The molecule has 1 aromatic carbocycles. The van der Waals surface area contributed by atoms with Gasteiger partial charge in [-0.15, -0.1) is 0 Å². The van der Waals surface area contributed by atoms with E-state index in [1.807, 2.05) is 0 Å². The third kappa shape index (κ3) is 2.22. The standard InChI is InChI=1S/C11H16O2/c1-3-8(2)11-6-10(13)5-4-9(11)7-12/h4-6,8,12-13H,3,7H2,1-2H3. The molecule has 1 rings (SSSR count). The van der Waals surface area contributed by atoms with E-state index < -0.39 is 0 Å². The maximum atomic E-state index is 9.30. The fourth-order valence-corrected chi connectivity index (χ4v) is 1.40. The van der Waals surface area contributed by atoms with Crippen molar-refractivity contribution >= 4 is 0 Å². The molecule has 1 aromatic rings. The molecule has 0 amide bonds. The van der Waals surface area contributed by atoms with Gasteiger partial charge in [0.2, 0.25) is 0 Å². The van der Waals surface area contributed by atoms with E-state index in [-0.39, 0.29) is 12.4 Å². The van der Waals surface area contributed by atoms with Crippen LogP contribution >= 0.6 is 0 Å². The van der Waals surface area contributed by atoms with Crippen LogP contribution in [-0.2, 0) is 6.61 Å². The van der Waals surface area contributed by atoms with Crippen molar-refractivity contribution < 1.29 is 10.2 Å². The minimum absolute atomic E-state index is 0.0416. The van der Waals surface area contributed by atoms with Crippen LogP contribution in [0.4, 0.5) is 0 Å². The molecule has 1 unspecified atom stereocenters. The molecule has 0 aromatic heterocycles. The van der Waals surface area contributed by atoms with Crippen molar-refractivity contribution in [3.05, 3.63) is 29.3 Å². The Morgan fingerprint density at radius 1 is 1.38 bits per heavy atom. The van der Waals surface area contributed by atoms with Gasteiger partial charge in [-0.1, -0.05) is 19.9 Å². The second-order valence-corrected chi connectivity index (χ2v) is 3.35. The number of phenolic OH excluding ortho intramolecular Hbond substituents is 1. The van der Waals surface area contributed by atoms with Gasteiger partial charge in [0.25, 0.3) is 0 Å². The van der Waals surface area contributed by atoms with E-state index in [9.17, 15) is 5.11 Å². The molecule has 0 aliphatic heterocycles. The molecule has 0 saturated carbocycles. The molecule has 0 aliphatic rings. The lowest BCUT2D eigenvalue weighted by Gasteiger charge is -2.13. The summed E-state index contributed by atoms with van der Waals surface area (Å²) in [6.45, 7) is 4.23. The number of aliphatic hydroxyl groups excluding tert-OH is 1. The van der Waals surface area contributed by atoms with E-state index >= 15 is 0 Å². The molecule has 2 heteroatoms. The Morgan fingerprint density at radius 2 is 2.08 bits per heavy atom. The predicted octanol–water partition coefficient (Wildman–Crippen LogP) is 2.40. The highest BCUT2D eigenvalue weighted by molar-refractivity contribution is 5.36. The molecule has 1 atom stereocenters. The number of aliphatic hydroxyl groups is 1. The first kappa shape index (κ1) is 10.1. The Hall–Kier alpha value is -1.02. The highest BCUT2D eigenvalue weighted by Crippen LogP contribution is 2.26. The summed E-state index contributed by atoms with van der Waals surface area (Å²) in [5.74, 6) is 0.654. The second-order valence-electron chi connectivity index (χ2n) is 3.35. The van der Waals surface area contributed by atoms with Gasteiger partial charge in [0.1, 0.15) is 5.75 Å². The van der Waals surface area contributed by atoms with Gasteiger partial charge in [0.05, 0.1) is 6.61 Å². The molecule has 0 bridgehead atoms. The van der Waals surface area contributed by atoms with E-state index in [0.29, 0.717) is 5.92 Å². The molecule has 0 radical (unpaired) electrons. The van der Waals surface area contributed by atoms with E-state index in [1.165, 1.54) is 0 Å². The molecule has 0 spiro atoms. The van der Waals surface area contributed by atoms with Crippen molar-refractivity contribution in [3.63, 3.8) is 0 Å². The topological polar surface area (TPSA) is 40.5 Å². The highest BCUT2D eigenvalue weighted by atomic mass is 16.3. The Labute approximate surface area is 78.8 Å². The lowest BCUT2D eigenvalue weighted by atomic mass is 9.94. The van der Waals surface area contributed by atoms with Crippen molar-refractivity contribution in [2.75, 3.05) is 0 Å². The minimum atomic E-state index is 0.0416. The molecule has 0 saturated heterocycles. The molecule has 2 nitrogen and oxygen atoms in total. The number of aromatic hydroxyl groups is 1. The van der Waals surface area contributed by atoms with E-state index in [4.69, 9.17) is 5.11 Å². The normalized spacial score (nSPS) is 12.8. The van der Waals surface area contributed by atoms with Crippen LogP contribution in [-0.4, -0.2) is 10.2 Å². The Kier molecular flexibility index (Phi) is 3.32. The van der Waals surface area contributed by atoms with Gasteiger partial charge < -0.3 is 10.2 Å². The molecule has 0 aliphatic carbocycles. The monoisotopic (exact) mass is 180 g/mol. The van der Waals surface area contributed by atoms with Crippen molar-refractivity contribution in [1.82, 2.24) is 0 Å².